The van der Waals surface area contributed by atoms with Gasteiger partial charge in [0.05, 0.1) is 0 Å². The normalized spacial score (nSPS) is 13.2. The summed E-state index contributed by atoms with van der Waals surface area (Å²) in [5, 5.41) is 0. The van der Waals surface area contributed by atoms with Gasteiger partial charge in [-0.15, -0.1) is 0 Å². The zero-order chi connectivity index (χ0) is 42.3. The van der Waals surface area contributed by atoms with Gasteiger partial charge in [0.15, 0.2) is 5.78 Å². The van der Waals surface area contributed by atoms with Crippen molar-refractivity contribution in [2.24, 2.45) is 0 Å². The standard InChI is InChI=1S/C20H24.C19H20O.C19H22/c1-13(2)15-7-9-19-17(11-15)5-6-18-12-16(14(3)4)8-10-20(18)19;1-11(2)13-5-7-15-16-8-6-14(12(3)4)10-18(16)19(20)17(15)9-13;1-12(2)14-5-7-18-16(9-14)11-17-10-15(13(3)4)6-8-19(17)18/h7-14H,5-6H2,1-4H3;5-12H,1-4H3;5-10,12-13H,11H2,1-4H3. The zero-order valence-electron chi connectivity index (χ0n) is 37.9. The molecule has 9 rings (SSSR count). The minimum Gasteiger partial charge on any atom is -0.289 e. The van der Waals surface area contributed by atoms with Crippen molar-refractivity contribution in [2.45, 2.75) is 138 Å². The molecule has 304 valence electrons. The van der Waals surface area contributed by atoms with Gasteiger partial charge in [-0.3, -0.25) is 4.79 Å². The smallest absolute Gasteiger partial charge is 0.194 e. The number of benzene rings is 6. The van der Waals surface area contributed by atoms with Crippen molar-refractivity contribution in [3.8, 4) is 33.4 Å². The van der Waals surface area contributed by atoms with Gasteiger partial charge in [0.1, 0.15) is 0 Å². The second-order valence-corrected chi connectivity index (χ2v) is 19.2. The van der Waals surface area contributed by atoms with E-state index in [-0.39, 0.29) is 5.78 Å². The van der Waals surface area contributed by atoms with E-state index in [0.717, 1.165) is 28.7 Å². The molecule has 0 unspecified atom stereocenters. The average Bonchev–Trinajstić information content (AvgIpc) is 3.73. The van der Waals surface area contributed by atoms with Crippen molar-refractivity contribution in [1.29, 1.82) is 0 Å². The van der Waals surface area contributed by atoms with Crippen LogP contribution in [0.4, 0.5) is 0 Å². The molecule has 3 aliphatic carbocycles. The number of rotatable bonds is 6. The van der Waals surface area contributed by atoms with E-state index in [1.807, 2.05) is 0 Å². The molecule has 0 saturated heterocycles. The second-order valence-electron chi connectivity index (χ2n) is 19.2. The maximum absolute atomic E-state index is 12.6. The van der Waals surface area contributed by atoms with E-state index in [9.17, 15) is 4.79 Å². The molecule has 0 spiro atoms. The second kappa shape index (κ2) is 17.3. The molecule has 0 amide bonds. The molecular weight excluding hydrogens is 713 g/mol. The zero-order valence-corrected chi connectivity index (χ0v) is 37.9. The molecule has 6 aromatic carbocycles. The molecule has 0 aliphatic heterocycles. The topological polar surface area (TPSA) is 17.1 Å². The fourth-order valence-corrected chi connectivity index (χ4v) is 8.96. The summed E-state index contributed by atoms with van der Waals surface area (Å²) in [5.41, 5.74) is 24.0. The summed E-state index contributed by atoms with van der Waals surface area (Å²) in [6.07, 6.45) is 3.47. The quantitative estimate of drug-likeness (QED) is 0.164. The van der Waals surface area contributed by atoms with E-state index in [1.54, 1.807) is 0 Å². The Bertz CT molecular complexity index is 2330. The highest BCUT2D eigenvalue weighted by Gasteiger charge is 2.28. The van der Waals surface area contributed by atoms with Crippen molar-refractivity contribution in [1.82, 2.24) is 0 Å². The van der Waals surface area contributed by atoms with E-state index in [0.29, 0.717) is 35.5 Å². The Morgan fingerprint density at radius 2 is 0.525 bits per heavy atom. The van der Waals surface area contributed by atoms with Gasteiger partial charge in [-0.1, -0.05) is 180 Å². The molecule has 1 nitrogen and oxygen atoms in total. The third kappa shape index (κ3) is 8.68. The molecule has 59 heavy (non-hydrogen) atoms. The first-order chi connectivity index (χ1) is 28.1. The number of carbonyl (C=O) groups excluding carboxylic acids is 1. The molecule has 6 aromatic rings. The summed E-state index contributed by atoms with van der Waals surface area (Å²) in [6, 6.07) is 40.7. The Balaban J connectivity index is 0.000000134. The summed E-state index contributed by atoms with van der Waals surface area (Å²) in [4.78, 5) is 12.6. The maximum Gasteiger partial charge on any atom is 0.194 e. The van der Waals surface area contributed by atoms with Crippen molar-refractivity contribution in [2.75, 3.05) is 0 Å². The van der Waals surface area contributed by atoms with Crippen LogP contribution in [0.1, 0.15) is 190 Å². The van der Waals surface area contributed by atoms with Crippen LogP contribution in [0, 0.1) is 0 Å². The Morgan fingerprint density at radius 3 is 0.814 bits per heavy atom. The van der Waals surface area contributed by atoms with Gasteiger partial charge in [0.2, 0.25) is 0 Å². The summed E-state index contributed by atoms with van der Waals surface area (Å²) >= 11 is 0. The van der Waals surface area contributed by atoms with Gasteiger partial charge in [0.25, 0.3) is 0 Å². The van der Waals surface area contributed by atoms with Crippen LogP contribution >= 0.6 is 0 Å². The first kappa shape index (κ1) is 42.1. The van der Waals surface area contributed by atoms with Gasteiger partial charge in [-0.05, 0) is 156 Å². The third-order valence-electron chi connectivity index (χ3n) is 13.0. The summed E-state index contributed by atoms with van der Waals surface area (Å²) < 4.78 is 0. The predicted molar refractivity (Wildman–Crippen MR) is 254 cm³/mol. The largest absolute Gasteiger partial charge is 0.289 e. The fourth-order valence-electron chi connectivity index (χ4n) is 8.96. The lowest BCUT2D eigenvalue weighted by molar-refractivity contribution is 0.104. The number of hydrogen-bond donors (Lipinski definition) is 0. The number of ketones is 1. The molecule has 0 atom stereocenters. The maximum atomic E-state index is 12.6. The Kier molecular flexibility index (Phi) is 12.4. The molecule has 0 aromatic heterocycles. The van der Waals surface area contributed by atoms with Crippen molar-refractivity contribution in [3.05, 3.63) is 176 Å². The first-order valence-electron chi connectivity index (χ1n) is 22.5. The highest BCUT2D eigenvalue weighted by Crippen LogP contribution is 2.41. The minimum atomic E-state index is 0.181. The fraction of sp³-hybridized carbons (Fsp3) is 0.362. The van der Waals surface area contributed by atoms with Gasteiger partial charge >= 0.3 is 0 Å². The summed E-state index contributed by atoms with van der Waals surface area (Å²) in [6.45, 7) is 26.8. The highest BCUT2D eigenvalue weighted by molar-refractivity contribution is 6.21. The van der Waals surface area contributed by atoms with Gasteiger partial charge in [-0.2, -0.15) is 0 Å². The van der Waals surface area contributed by atoms with Crippen LogP contribution in [0.25, 0.3) is 33.4 Å². The number of aryl methyl sites for hydroxylation is 2. The Morgan fingerprint density at radius 1 is 0.288 bits per heavy atom. The third-order valence-corrected chi connectivity index (χ3v) is 13.0. The molecule has 0 radical (unpaired) electrons. The number of fused-ring (bicyclic) bond motifs is 9. The molecule has 0 fully saturated rings. The monoisotopic (exact) mass is 779 g/mol. The van der Waals surface area contributed by atoms with Crippen LogP contribution in [0.15, 0.2) is 109 Å². The lowest BCUT2D eigenvalue weighted by atomic mass is 9.82. The van der Waals surface area contributed by atoms with Crippen LogP contribution in [-0.4, -0.2) is 5.78 Å². The van der Waals surface area contributed by atoms with Crippen molar-refractivity contribution in [3.63, 3.8) is 0 Å². The van der Waals surface area contributed by atoms with Crippen molar-refractivity contribution < 1.29 is 4.79 Å². The summed E-state index contributed by atoms with van der Waals surface area (Å²) in [5.74, 6) is 3.53. The Labute approximate surface area is 356 Å². The lowest BCUT2D eigenvalue weighted by Crippen LogP contribution is -2.06. The minimum absolute atomic E-state index is 0.181. The van der Waals surface area contributed by atoms with Crippen LogP contribution in [-0.2, 0) is 19.3 Å². The van der Waals surface area contributed by atoms with Crippen LogP contribution in [0.2, 0.25) is 0 Å². The van der Waals surface area contributed by atoms with E-state index < -0.39 is 0 Å². The summed E-state index contributed by atoms with van der Waals surface area (Å²) in [7, 11) is 0. The number of hydrogen-bond acceptors (Lipinski definition) is 1. The molecule has 0 N–H and O–H groups in total. The van der Waals surface area contributed by atoms with Gasteiger partial charge in [-0.25, -0.2) is 0 Å². The molecule has 3 aliphatic rings. The van der Waals surface area contributed by atoms with E-state index in [4.69, 9.17) is 0 Å². The highest BCUT2D eigenvalue weighted by atomic mass is 16.1. The number of carbonyl (C=O) groups is 1. The van der Waals surface area contributed by atoms with E-state index in [1.165, 1.54) is 90.7 Å². The van der Waals surface area contributed by atoms with Crippen LogP contribution in [0.3, 0.4) is 0 Å². The molecule has 1 heteroatoms. The van der Waals surface area contributed by atoms with Crippen LogP contribution in [0.5, 0.6) is 0 Å². The van der Waals surface area contributed by atoms with Crippen molar-refractivity contribution >= 4 is 5.78 Å². The molecular formula is C58H66O. The molecule has 0 saturated carbocycles. The first-order valence-corrected chi connectivity index (χ1v) is 22.5. The SMILES string of the molecule is CC(C)c1ccc2c(c1)C(=O)c1cc(C(C)C)ccc1-2.CC(C)c1ccc2c(c1)CCc1cc(C(C)C)ccc1-2.CC(C)c1ccc2c(c1)Cc1cc(C(C)C)ccc1-2. The van der Waals surface area contributed by atoms with Gasteiger partial charge in [0, 0.05) is 11.1 Å². The molecule has 0 bridgehead atoms. The Hall–Kier alpha value is -5.01. The van der Waals surface area contributed by atoms with E-state index in [2.05, 4.69) is 192 Å². The molecule has 0 heterocycles. The van der Waals surface area contributed by atoms with Crippen LogP contribution < -0.4 is 0 Å². The van der Waals surface area contributed by atoms with Gasteiger partial charge < -0.3 is 0 Å². The van der Waals surface area contributed by atoms with E-state index >= 15 is 0 Å². The lowest BCUT2D eigenvalue weighted by Gasteiger charge is -2.22. The average molecular weight is 779 g/mol. The predicted octanol–water partition coefficient (Wildman–Crippen LogP) is 16.3.